The lowest BCUT2D eigenvalue weighted by molar-refractivity contribution is 0.1000. The van der Waals surface area contributed by atoms with E-state index in [2.05, 4.69) is 0 Å². The monoisotopic (exact) mass is 448 g/mol. The lowest BCUT2D eigenvalue weighted by Gasteiger charge is -2.15. The zero-order valence-corrected chi connectivity index (χ0v) is 17.7. The molecule has 3 rings (SSSR count). The first-order valence-corrected chi connectivity index (χ1v) is 9.57. The Hall–Kier alpha value is -2.53. The highest BCUT2D eigenvalue weighted by Gasteiger charge is 2.27. The number of halogens is 3. The van der Waals surface area contributed by atoms with E-state index in [1.165, 1.54) is 14.2 Å². The molecule has 0 aliphatic heterocycles. The van der Waals surface area contributed by atoms with Gasteiger partial charge in [0.25, 0.3) is 0 Å². The second-order valence-electron chi connectivity index (χ2n) is 5.96. The number of hydrogen-bond acceptors (Lipinski definition) is 4. The second-order valence-corrected chi connectivity index (χ2v) is 7.18. The van der Waals surface area contributed by atoms with Gasteiger partial charge in [0.2, 0.25) is 5.78 Å². The first kappa shape index (κ1) is 21.2. The molecule has 148 valence electrons. The first-order chi connectivity index (χ1) is 13.9. The van der Waals surface area contributed by atoms with Crippen LogP contribution < -0.4 is 9.47 Å². The summed E-state index contributed by atoms with van der Waals surface area (Å²) >= 11 is 18.6. The predicted octanol–water partition coefficient (Wildman–Crippen LogP) is 6.13. The third-order valence-electron chi connectivity index (χ3n) is 4.33. The molecule has 0 aliphatic rings. The molecule has 0 saturated heterocycles. The molecule has 0 saturated carbocycles. The minimum absolute atomic E-state index is 0.119. The molecule has 0 N–H and O–H groups in total. The van der Waals surface area contributed by atoms with Crippen molar-refractivity contribution in [3.05, 3.63) is 91.9 Å². The maximum absolute atomic E-state index is 13.4. The Bertz CT molecular complexity index is 1090. The summed E-state index contributed by atoms with van der Waals surface area (Å²) in [5, 5.41) is 0.639. The van der Waals surface area contributed by atoms with Crippen LogP contribution in [0.25, 0.3) is 0 Å². The fraction of sp³-hybridized carbons (Fsp3) is 0.0909. The number of carbonyl (C=O) groups is 2. The summed E-state index contributed by atoms with van der Waals surface area (Å²) in [6, 6.07) is 14.3. The van der Waals surface area contributed by atoms with Gasteiger partial charge < -0.3 is 9.47 Å². The van der Waals surface area contributed by atoms with Gasteiger partial charge in [-0.1, -0.05) is 65.1 Å². The molecule has 3 aromatic rings. The number of rotatable bonds is 6. The van der Waals surface area contributed by atoms with Crippen LogP contribution in [0.3, 0.4) is 0 Å². The summed E-state index contributed by atoms with van der Waals surface area (Å²) in [7, 11) is 2.83. The number of methoxy groups -OCH3 is 2. The highest BCUT2D eigenvalue weighted by molar-refractivity contribution is 6.41. The number of carbonyl (C=O) groups excluding carboxylic acids is 2. The lowest BCUT2D eigenvalue weighted by atomic mass is 9.92. The largest absolute Gasteiger partial charge is 0.496 e. The molecule has 0 bridgehead atoms. The van der Waals surface area contributed by atoms with Gasteiger partial charge in [0.15, 0.2) is 11.5 Å². The highest BCUT2D eigenvalue weighted by atomic mass is 35.5. The molecule has 3 aromatic carbocycles. The van der Waals surface area contributed by atoms with Crippen LogP contribution >= 0.6 is 34.8 Å². The quantitative estimate of drug-likeness (QED) is 0.425. The van der Waals surface area contributed by atoms with Gasteiger partial charge >= 0.3 is 0 Å². The topological polar surface area (TPSA) is 52.6 Å². The summed E-state index contributed by atoms with van der Waals surface area (Å²) < 4.78 is 10.6. The number of hydrogen-bond donors (Lipinski definition) is 0. The van der Waals surface area contributed by atoms with Crippen molar-refractivity contribution in [3.8, 4) is 11.5 Å². The molecule has 29 heavy (non-hydrogen) atoms. The molecule has 0 heterocycles. The van der Waals surface area contributed by atoms with Crippen LogP contribution in [-0.2, 0) is 0 Å². The summed E-state index contributed by atoms with van der Waals surface area (Å²) in [5.74, 6) is -0.513. The van der Waals surface area contributed by atoms with E-state index in [1.807, 2.05) is 0 Å². The minimum atomic E-state index is -0.478. The van der Waals surface area contributed by atoms with Gasteiger partial charge in [-0.2, -0.15) is 0 Å². The molecule has 7 heteroatoms. The Kier molecular flexibility index (Phi) is 6.48. The van der Waals surface area contributed by atoms with E-state index in [9.17, 15) is 9.59 Å². The molecule has 4 nitrogen and oxygen atoms in total. The van der Waals surface area contributed by atoms with Crippen molar-refractivity contribution in [1.29, 1.82) is 0 Å². The number of ether oxygens (including phenoxy) is 2. The summed E-state index contributed by atoms with van der Waals surface area (Å²) in [4.78, 5) is 26.7. The molecule has 0 amide bonds. The molecule has 0 fully saturated rings. The van der Waals surface area contributed by atoms with Gasteiger partial charge in [-0.15, -0.1) is 0 Å². The molecule has 0 spiro atoms. The van der Waals surface area contributed by atoms with Gasteiger partial charge in [-0.25, -0.2) is 0 Å². The standard InChI is InChI=1S/C22H15Cl3O4/c1-28-17-11-10-16(25)22(29-2)19(17)21(27)13-7-4-3-6-12(13)20(26)18-14(23)8-5-9-15(18)24/h3-11H,1-2H3. The zero-order valence-electron chi connectivity index (χ0n) is 15.5. The molecule has 0 aliphatic carbocycles. The van der Waals surface area contributed by atoms with Crippen molar-refractivity contribution in [2.75, 3.05) is 14.2 Å². The van der Waals surface area contributed by atoms with Gasteiger partial charge in [0, 0.05) is 11.1 Å². The van der Waals surface area contributed by atoms with Gasteiger partial charge in [0.05, 0.1) is 34.9 Å². The number of benzene rings is 3. The Morgan fingerprint density at radius 2 is 1.21 bits per heavy atom. The van der Waals surface area contributed by atoms with Crippen LogP contribution in [0.15, 0.2) is 54.6 Å². The van der Waals surface area contributed by atoms with Crippen LogP contribution in [-0.4, -0.2) is 25.8 Å². The summed E-state index contributed by atoms with van der Waals surface area (Å²) in [5.41, 5.74) is 0.540. The average molecular weight is 450 g/mol. The Morgan fingerprint density at radius 1 is 0.655 bits per heavy atom. The normalized spacial score (nSPS) is 10.5. The highest BCUT2D eigenvalue weighted by Crippen LogP contribution is 2.38. The Morgan fingerprint density at radius 3 is 1.72 bits per heavy atom. The van der Waals surface area contributed by atoms with E-state index in [4.69, 9.17) is 44.3 Å². The van der Waals surface area contributed by atoms with Crippen LogP contribution in [0, 0.1) is 0 Å². The third-order valence-corrected chi connectivity index (χ3v) is 5.26. The second kappa shape index (κ2) is 8.87. The minimum Gasteiger partial charge on any atom is -0.496 e. The van der Waals surface area contributed by atoms with E-state index in [1.54, 1.807) is 54.6 Å². The fourth-order valence-corrected chi connectivity index (χ4v) is 3.79. The average Bonchev–Trinajstić information content (AvgIpc) is 2.72. The van der Waals surface area contributed by atoms with E-state index in [0.29, 0.717) is 0 Å². The Balaban J connectivity index is 2.20. The molecule has 0 aromatic heterocycles. The smallest absolute Gasteiger partial charge is 0.201 e. The third kappa shape index (κ3) is 3.97. The van der Waals surface area contributed by atoms with Crippen molar-refractivity contribution in [2.24, 2.45) is 0 Å². The van der Waals surface area contributed by atoms with Crippen molar-refractivity contribution in [1.82, 2.24) is 0 Å². The van der Waals surface area contributed by atoms with E-state index < -0.39 is 11.6 Å². The van der Waals surface area contributed by atoms with E-state index in [-0.39, 0.29) is 48.8 Å². The van der Waals surface area contributed by atoms with Crippen molar-refractivity contribution < 1.29 is 19.1 Å². The zero-order chi connectivity index (χ0) is 21.1. The Labute approximate surface area is 182 Å². The molecular formula is C22H15Cl3O4. The lowest BCUT2D eigenvalue weighted by Crippen LogP contribution is -2.13. The predicted molar refractivity (Wildman–Crippen MR) is 114 cm³/mol. The van der Waals surface area contributed by atoms with Crippen molar-refractivity contribution >= 4 is 46.4 Å². The molecular weight excluding hydrogens is 435 g/mol. The van der Waals surface area contributed by atoms with Crippen LogP contribution in [0.1, 0.15) is 31.8 Å². The maximum atomic E-state index is 13.4. The van der Waals surface area contributed by atoms with Crippen LogP contribution in [0.2, 0.25) is 15.1 Å². The van der Waals surface area contributed by atoms with Gasteiger partial charge in [-0.05, 0) is 24.3 Å². The first-order valence-electron chi connectivity index (χ1n) is 8.43. The van der Waals surface area contributed by atoms with Gasteiger partial charge in [0.1, 0.15) is 11.3 Å². The summed E-state index contributed by atoms with van der Waals surface area (Å²) in [6.07, 6.45) is 0. The maximum Gasteiger partial charge on any atom is 0.201 e. The summed E-state index contributed by atoms with van der Waals surface area (Å²) in [6.45, 7) is 0. The number of ketones is 2. The van der Waals surface area contributed by atoms with Crippen molar-refractivity contribution in [2.45, 2.75) is 0 Å². The van der Waals surface area contributed by atoms with Gasteiger partial charge in [-0.3, -0.25) is 9.59 Å². The van der Waals surface area contributed by atoms with E-state index in [0.717, 1.165) is 0 Å². The van der Waals surface area contributed by atoms with Crippen LogP contribution in [0.5, 0.6) is 11.5 Å². The van der Waals surface area contributed by atoms with Crippen LogP contribution in [0.4, 0.5) is 0 Å². The fourth-order valence-electron chi connectivity index (χ4n) is 2.99. The SMILES string of the molecule is COc1ccc(Cl)c(OC)c1C(=O)c1ccccc1C(=O)c1c(Cl)cccc1Cl. The molecule has 0 atom stereocenters. The molecule has 0 radical (unpaired) electrons. The van der Waals surface area contributed by atoms with E-state index >= 15 is 0 Å². The molecule has 0 unspecified atom stereocenters. The van der Waals surface area contributed by atoms with Crippen molar-refractivity contribution in [3.63, 3.8) is 0 Å².